The van der Waals surface area contributed by atoms with Gasteiger partial charge in [-0.2, -0.15) is 4.98 Å². The van der Waals surface area contributed by atoms with Crippen molar-refractivity contribution in [2.45, 2.75) is 6.54 Å². The summed E-state index contributed by atoms with van der Waals surface area (Å²) in [4.78, 5) is 16.7. The first-order valence-electron chi connectivity index (χ1n) is 8.24. The number of H-pyrrole nitrogens is 1. The SMILES string of the molecule is COc1ccccc1-c1nc(NC(=O)Cn2ccc3c(Cl)cccc32)n[nH]1. The van der Waals surface area contributed by atoms with E-state index in [4.69, 9.17) is 16.3 Å². The Hall–Kier alpha value is -3.32. The van der Waals surface area contributed by atoms with E-state index >= 15 is 0 Å². The quantitative estimate of drug-likeness (QED) is 0.551. The number of carbonyl (C=O) groups excluding carboxylic acids is 1. The van der Waals surface area contributed by atoms with Crippen LogP contribution < -0.4 is 10.1 Å². The third-order valence-corrected chi connectivity index (χ3v) is 4.50. The van der Waals surface area contributed by atoms with Gasteiger partial charge in [0.15, 0.2) is 5.82 Å². The molecule has 0 aliphatic carbocycles. The Balaban J connectivity index is 1.50. The highest BCUT2D eigenvalue weighted by atomic mass is 35.5. The fraction of sp³-hybridized carbons (Fsp3) is 0.105. The molecule has 0 spiro atoms. The van der Waals surface area contributed by atoms with Crippen molar-refractivity contribution < 1.29 is 9.53 Å². The van der Waals surface area contributed by atoms with Crippen LogP contribution >= 0.6 is 11.6 Å². The van der Waals surface area contributed by atoms with Crippen LogP contribution in [-0.2, 0) is 11.3 Å². The number of halogens is 1. The monoisotopic (exact) mass is 381 g/mol. The number of para-hydroxylation sites is 1. The van der Waals surface area contributed by atoms with Crippen LogP contribution in [0.3, 0.4) is 0 Å². The zero-order chi connectivity index (χ0) is 18.8. The summed E-state index contributed by atoms with van der Waals surface area (Å²) in [5, 5.41) is 11.1. The molecule has 4 rings (SSSR count). The fourth-order valence-electron chi connectivity index (χ4n) is 2.92. The Morgan fingerprint density at radius 1 is 1.22 bits per heavy atom. The molecular formula is C19H16ClN5O2. The first-order chi connectivity index (χ1) is 13.2. The summed E-state index contributed by atoms with van der Waals surface area (Å²) in [7, 11) is 1.59. The molecule has 27 heavy (non-hydrogen) atoms. The van der Waals surface area contributed by atoms with Gasteiger partial charge in [-0.25, -0.2) is 0 Å². The Kier molecular flexibility index (Phi) is 4.52. The second kappa shape index (κ2) is 7.13. The van der Waals surface area contributed by atoms with Crippen LogP contribution in [0, 0.1) is 0 Å². The molecule has 7 nitrogen and oxygen atoms in total. The lowest BCUT2D eigenvalue weighted by Gasteiger charge is -2.05. The number of methoxy groups -OCH3 is 1. The Labute approximate surface area is 159 Å². The largest absolute Gasteiger partial charge is 0.496 e. The number of fused-ring (bicyclic) bond motifs is 1. The lowest BCUT2D eigenvalue weighted by atomic mass is 10.2. The molecule has 0 saturated carbocycles. The summed E-state index contributed by atoms with van der Waals surface area (Å²) in [5.41, 5.74) is 1.65. The van der Waals surface area contributed by atoms with Crippen LogP contribution in [0.4, 0.5) is 5.95 Å². The maximum Gasteiger partial charge on any atom is 0.249 e. The highest BCUT2D eigenvalue weighted by Gasteiger charge is 2.13. The van der Waals surface area contributed by atoms with Crippen LogP contribution in [0.25, 0.3) is 22.3 Å². The fourth-order valence-corrected chi connectivity index (χ4v) is 3.15. The smallest absolute Gasteiger partial charge is 0.249 e. The second-order valence-electron chi connectivity index (χ2n) is 5.87. The minimum atomic E-state index is -0.238. The molecule has 2 aromatic carbocycles. The number of nitrogens with zero attached hydrogens (tertiary/aromatic N) is 3. The van der Waals surface area contributed by atoms with Crippen LogP contribution in [-0.4, -0.2) is 32.8 Å². The number of ether oxygens (including phenoxy) is 1. The molecule has 136 valence electrons. The van der Waals surface area contributed by atoms with Crippen LogP contribution in [0.15, 0.2) is 54.7 Å². The van der Waals surface area contributed by atoms with E-state index in [1.807, 2.05) is 59.3 Å². The van der Waals surface area contributed by atoms with E-state index in [0.717, 1.165) is 16.5 Å². The molecule has 4 aromatic rings. The summed E-state index contributed by atoms with van der Waals surface area (Å²) >= 11 is 6.17. The van der Waals surface area contributed by atoms with Crippen LogP contribution in [0.5, 0.6) is 5.75 Å². The molecule has 0 radical (unpaired) electrons. The Morgan fingerprint density at radius 3 is 2.93 bits per heavy atom. The minimum absolute atomic E-state index is 0.127. The van der Waals surface area contributed by atoms with Gasteiger partial charge in [-0.3, -0.25) is 15.2 Å². The van der Waals surface area contributed by atoms with Crippen molar-refractivity contribution in [2.24, 2.45) is 0 Å². The van der Waals surface area contributed by atoms with Crippen molar-refractivity contribution in [2.75, 3.05) is 12.4 Å². The number of amides is 1. The van der Waals surface area contributed by atoms with E-state index in [9.17, 15) is 4.79 Å². The summed E-state index contributed by atoms with van der Waals surface area (Å²) in [6.45, 7) is 0.127. The molecular weight excluding hydrogens is 366 g/mol. The first kappa shape index (κ1) is 17.1. The van der Waals surface area contributed by atoms with Crippen molar-refractivity contribution >= 4 is 34.4 Å². The molecule has 1 amide bonds. The topological polar surface area (TPSA) is 84.8 Å². The van der Waals surface area contributed by atoms with Gasteiger partial charge in [0.1, 0.15) is 12.3 Å². The number of hydrogen-bond donors (Lipinski definition) is 2. The standard InChI is InChI=1S/C19H16ClN5O2/c1-27-16-8-3-2-5-13(16)18-22-19(24-23-18)21-17(26)11-25-10-9-12-14(20)6-4-7-15(12)25/h2-10H,11H2,1H3,(H2,21,22,23,24,26). The average molecular weight is 382 g/mol. The van der Waals surface area contributed by atoms with Gasteiger partial charge in [0.2, 0.25) is 11.9 Å². The lowest BCUT2D eigenvalue weighted by Crippen LogP contribution is -2.19. The summed E-state index contributed by atoms with van der Waals surface area (Å²) in [5.74, 6) is 1.15. The van der Waals surface area contributed by atoms with Crippen LogP contribution in [0.2, 0.25) is 5.02 Å². The van der Waals surface area contributed by atoms with Gasteiger partial charge in [-0.1, -0.05) is 29.8 Å². The predicted molar refractivity (Wildman–Crippen MR) is 104 cm³/mol. The number of anilines is 1. The summed E-state index contributed by atoms with van der Waals surface area (Å²) in [6.07, 6.45) is 1.83. The summed E-state index contributed by atoms with van der Waals surface area (Å²) < 4.78 is 7.15. The number of rotatable bonds is 5. The number of hydrogen-bond acceptors (Lipinski definition) is 4. The molecule has 8 heteroatoms. The number of nitrogens with one attached hydrogen (secondary N) is 2. The normalized spacial score (nSPS) is 10.9. The van der Waals surface area contributed by atoms with Gasteiger partial charge in [0, 0.05) is 22.1 Å². The van der Waals surface area contributed by atoms with Crippen molar-refractivity contribution in [1.29, 1.82) is 0 Å². The molecule has 0 atom stereocenters. The first-order valence-corrected chi connectivity index (χ1v) is 8.62. The van der Waals surface area contributed by atoms with E-state index < -0.39 is 0 Å². The van der Waals surface area contributed by atoms with E-state index in [2.05, 4.69) is 20.5 Å². The van der Waals surface area contributed by atoms with Crippen LogP contribution in [0.1, 0.15) is 0 Å². The molecule has 2 aromatic heterocycles. The molecule has 0 aliphatic heterocycles. The highest BCUT2D eigenvalue weighted by Crippen LogP contribution is 2.27. The van der Waals surface area contributed by atoms with Gasteiger partial charge in [0.05, 0.1) is 12.7 Å². The maximum absolute atomic E-state index is 12.4. The van der Waals surface area contributed by atoms with Gasteiger partial charge >= 0.3 is 0 Å². The predicted octanol–water partition coefficient (Wildman–Crippen LogP) is 3.73. The molecule has 0 fully saturated rings. The summed E-state index contributed by atoms with van der Waals surface area (Å²) in [6, 6.07) is 14.9. The van der Waals surface area contributed by atoms with Crippen molar-refractivity contribution in [1.82, 2.24) is 19.7 Å². The molecule has 0 saturated heterocycles. The van der Waals surface area contributed by atoms with E-state index in [-0.39, 0.29) is 18.4 Å². The maximum atomic E-state index is 12.4. The third-order valence-electron chi connectivity index (χ3n) is 4.17. The minimum Gasteiger partial charge on any atom is -0.496 e. The molecule has 0 aliphatic rings. The van der Waals surface area contributed by atoms with Crippen molar-refractivity contribution in [3.8, 4) is 17.1 Å². The Bertz CT molecular complexity index is 1120. The zero-order valence-corrected chi connectivity index (χ0v) is 15.2. The van der Waals surface area contributed by atoms with Crippen molar-refractivity contribution in [3.63, 3.8) is 0 Å². The Morgan fingerprint density at radius 2 is 2.07 bits per heavy atom. The van der Waals surface area contributed by atoms with E-state index in [1.165, 1.54) is 0 Å². The number of aromatic nitrogens is 4. The molecule has 0 bridgehead atoms. The van der Waals surface area contributed by atoms with Gasteiger partial charge in [0.25, 0.3) is 0 Å². The zero-order valence-electron chi connectivity index (χ0n) is 14.4. The van der Waals surface area contributed by atoms with E-state index in [1.54, 1.807) is 7.11 Å². The lowest BCUT2D eigenvalue weighted by molar-refractivity contribution is -0.116. The number of benzene rings is 2. The third kappa shape index (κ3) is 3.37. The number of carbonyl (C=O) groups is 1. The second-order valence-corrected chi connectivity index (χ2v) is 6.28. The molecule has 0 unspecified atom stereocenters. The van der Waals surface area contributed by atoms with Crippen molar-refractivity contribution in [3.05, 3.63) is 59.8 Å². The van der Waals surface area contributed by atoms with Gasteiger partial charge < -0.3 is 9.30 Å². The van der Waals surface area contributed by atoms with Gasteiger partial charge in [-0.15, -0.1) is 5.10 Å². The molecule has 2 heterocycles. The number of aromatic amines is 1. The van der Waals surface area contributed by atoms with Gasteiger partial charge in [-0.05, 0) is 30.3 Å². The highest BCUT2D eigenvalue weighted by molar-refractivity contribution is 6.35. The molecule has 2 N–H and O–H groups in total. The average Bonchev–Trinajstić information content (AvgIpc) is 3.30. The van der Waals surface area contributed by atoms with E-state index in [0.29, 0.717) is 16.6 Å².